The summed E-state index contributed by atoms with van der Waals surface area (Å²) in [4.78, 5) is 16.0. The van der Waals surface area contributed by atoms with Gasteiger partial charge in [-0.15, -0.1) is 11.3 Å². The van der Waals surface area contributed by atoms with Crippen LogP contribution < -0.4 is 10.2 Å². The van der Waals surface area contributed by atoms with Crippen molar-refractivity contribution in [2.24, 2.45) is 0 Å². The van der Waals surface area contributed by atoms with Crippen molar-refractivity contribution in [1.82, 2.24) is 0 Å². The minimum Gasteiger partial charge on any atom is -0.330 e. The van der Waals surface area contributed by atoms with Crippen LogP contribution >= 0.6 is 11.3 Å². The van der Waals surface area contributed by atoms with E-state index in [1.54, 1.807) is 11.3 Å². The Bertz CT molecular complexity index is 623. The molecule has 0 aliphatic carbocycles. The van der Waals surface area contributed by atoms with Crippen molar-refractivity contribution in [2.45, 2.75) is 32.4 Å². The van der Waals surface area contributed by atoms with E-state index >= 15 is 0 Å². The summed E-state index contributed by atoms with van der Waals surface area (Å²) in [6.07, 6.45) is 0.967. The van der Waals surface area contributed by atoms with Gasteiger partial charge in [-0.05, 0) is 43.3 Å². The molecule has 0 saturated carbocycles. The van der Waals surface area contributed by atoms with Crippen molar-refractivity contribution in [3.8, 4) is 0 Å². The average Bonchev–Trinajstić information content (AvgIpc) is 3.15. The summed E-state index contributed by atoms with van der Waals surface area (Å²) in [5.74, 6) is 0.211. The van der Waals surface area contributed by atoms with E-state index in [1.165, 1.54) is 10.4 Å². The quantitative estimate of drug-likeness (QED) is 0.925. The van der Waals surface area contributed by atoms with Gasteiger partial charge in [0.1, 0.15) is 6.04 Å². The van der Waals surface area contributed by atoms with E-state index in [-0.39, 0.29) is 11.9 Å². The number of nitrogens with two attached hydrogens (primary N) is 1. The second-order valence-corrected chi connectivity index (χ2v) is 6.63. The first-order valence-electron chi connectivity index (χ1n) is 7.44. The number of nitrogens with zero attached hydrogens (tertiary/aromatic N) is 1. The number of para-hydroxylation sites is 1. The molecule has 3 rings (SSSR count). The van der Waals surface area contributed by atoms with Crippen LogP contribution in [-0.4, -0.2) is 18.5 Å². The van der Waals surface area contributed by atoms with Crippen LogP contribution in [0.1, 0.15) is 30.3 Å². The molecule has 2 aromatic rings. The number of hydrogen-bond donors (Lipinski definition) is 1. The Kier molecular flexibility index (Phi) is 4.08. The van der Waals surface area contributed by atoms with E-state index in [1.807, 2.05) is 24.0 Å². The van der Waals surface area contributed by atoms with Crippen molar-refractivity contribution in [2.75, 3.05) is 11.4 Å². The van der Waals surface area contributed by atoms with Crippen LogP contribution in [0.4, 0.5) is 5.69 Å². The standard InChI is InChI=1S/C17H20N2OS/c1-12(16-8-5-11-21-16)18-13(2)17(20)19-10-9-14-6-3-4-7-15(14)19/h3-8,11-13,18H,9-10H2,1-2H3/p+1/t12-,13-/m1/s1. The molecule has 2 N–H and O–H groups in total. The molecular weight excluding hydrogens is 280 g/mol. The summed E-state index contributed by atoms with van der Waals surface area (Å²) >= 11 is 1.75. The van der Waals surface area contributed by atoms with Crippen molar-refractivity contribution in [1.29, 1.82) is 0 Å². The van der Waals surface area contributed by atoms with Crippen LogP contribution in [0.3, 0.4) is 0 Å². The molecular formula is C17H21N2OS+. The maximum absolute atomic E-state index is 12.7. The molecule has 0 spiro atoms. The van der Waals surface area contributed by atoms with Gasteiger partial charge >= 0.3 is 0 Å². The molecule has 21 heavy (non-hydrogen) atoms. The van der Waals surface area contributed by atoms with E-state index in [0.29, 0.717) is 6.04 Å². The molecule has 2 heterocycles. The van der Waals surface area contributed by atoms with Gasteiger partial charge < -0.3 is 10.2 Å². The first kappa shape index (κ1) is 14.3. The monoisotopic (exact) mass is 301 g/mol. The fraction of sp³-hybridized carbons (Fsp3) is 0.353. The summed E-state index contributed by atoms with van der Waals surface area (Å²) in [6, 6.07) is 12.7. The number of benzene rings is 1. The second kappa shape index (κ2) is 6.00. The fourth-order valence-corrected chi connectivity index (χ4v) is 3.74. The normalized spacial score (nSPS) is 16.6. The van der Waals surface area contributed by atoms with Crippen LogP contribution in [0.25, 0.3) is 0 Å². The SMILES string of the molecule is C[C@@H]([NH2+][C@H](C)c1cccs1)C(=O)N1CCc2ccccc21. The molecule has 0 radical (unpaired) electrons. The Morgan fingerprint density at radius 3 is 2.81 bits per heavy atom. The van der Waals surface area contributed by atoms with E-state index in [9.17, 15) is 4.79 Å². The molecule has 1 amide bonds. The second-order valence-electron chi connectivity index (χ2n) is 5.65. The van der Waals surface area contributed by atoms with Crippen LogP contribution in [0.15, 0.2) is 41.8 Å². The van der Waals surface area contributed by atoms with Gasteiger partial charge in [-0.25, -0.2) is 0 Å². The topological polar surface area (TPSA) is 36.9 Å². The predicted molar refractivity (Wildman–Crippen MR) is 86.6 cm³/mol. The summed E-state index contributed by atoms with van der Waals surface area (Å²) in [6.45, 7) is 4.98. The molecule has 0 saturated heterocycles. The Labute approximate surface area is 129 Å². The van der Waals surface area contributed by atoms with Crippen molar-refractivity contribution < 1.29 is 10.1 Å². The number of rotatable bonds is 4. The average molecular weight is 301 g/mol. The lowest BCUT2D eigenvalue weighted by Gasteiger charge is -2.22. The van der Waals surface area contributed by atoms with Gasteiger partial charge in [-0.2, -0.15) is 0 Å². The lowest BCUT2D eigenvalue weighted by Crippen LogP contribution is -2.92. The smallest absolute Gasteiger partial charge is 0.284 e. The van der Waals surface area contributed by atoms with Gasteiger partial charge in [0.15, 0.2) is 6.04 Å². The number of thiophene rings is 1. The number of fused-ring (bicyclic) bond motifs is 1. The largest absolute Gasteiger partial charge is 0.330 e. The summed E-state index contributed by atoms with van der Waals surface area (Å²) in [5.41, 5.74) is 2.37. The van der Waals surface area contributed by atoms with Gasteiger partial charge in [0.25, 0.3) is 5.91 Å². The molecule has 1 aliphatic heterocycles. The van der Waals surface area contributed by atoms with Gasteiger partial charge in [0.2, 0.25) is 0 Å². The molecule has 0 bridgehead atoms. The highest BCUT2D eigenvalue weighted by Crippen LogP contribution is 2.27. The van der Waals surface area contributed by atoms with Crippen LogP contribution in [-0.2, 0) is 11.2 Å². The molecule has 110 valence electrons. The lowest BCUT2D eigenvalue weighted by atomic mass is 10.1. The Hall–Kier alpha value is -1.65. The van der Waals surface area contributed by atoms with Gasteiger partial charge in [0.05, 0.1) is 4.88 Å². The third-order valence-electron chi connectivity index (χ3n) is 4.11. The van der Waals surface area contributed by atoms with Gasteiger partial charge in [0, 0.05) is 12.2 Å². The zero-order valence-electron chi connectivity index (χ0n) is 12.5. The Morgan fingerprint density at radius 2 is 2.05 bits per heavy atom. The molecule has 3 nitrogen and oxygen atoms in total. The highest BCUT2D eigenvalue weighted by atomic mass is 32.1. The molecule has 1 aliphatic rings. The summed E-state index contributed by atoms with van der Waals surface area (Å²) in [7, 11) is 0. The fourth-order valence-electron chi connectivity index (χ4n) is 2.97. The summed E-state index contributed by atoms with van der Waals surface area (Å²) in [5, 5.41) is 4.25. The number of carbonyl (C=O) groups excluding carboxylic acids is 1. The van der Waals surface area contributed by atoms with Gasteiger partial charge in [-0.3, -0.25) is 4.79 Å². The number of carbonyl (C=O) groups is 1. The number of hydrogen-bond acceptors (Lipinski definition) is 2. The predicted octanol–water partition coefficient (Wildman–Crippen LogP) is 2.35. The van der Waals surface area contributed by atoms with E-state index in [4.69, 9.17) is 0 Å². The van der Waals surface area contributed by atoms with Crippen molar-refractivity contribution in [3.63, 3.8) is 0 Å². The van der Waals surface area contributed by atoms with Crippen molar-refractivity contribution in [3.05, 3.63) is 52.2 Å². The molecule has 1 aromatic heterocycles. The lowest BCUT2D eigenvalue weighted by molar-refractivity contribution is -0.709. The van der Waals surface area contributed by atoms with E-state index < -0.39 is 0 Å². The van der Waals surface area contributed by atoms with Crippen LogP contribution in [0.2, 0.25) is 0 Å². The molecule has 0 fully saturated rings. The highest BCUT2D eigenvalue weighted by molar-refractivity contribution is 7.10. The maximum Gasteiger partial charge on any atom is 0.284 e. The zero-order valence-corrected chi connectivity index (χ0v) is 13.3. The minimum absolute atomic E-state index is 0.0618. The molecule has 1 aromatic carbocycles. The Balaban J connectivity index is 1.68. The van der Waals surface area contributed by atoms with Gasteiger partial charge in [-0.1, -0.05) is 24.3 Å². The van der Waals surface area contributed by atoms with E-state index in [2.05, 4.69) is 41.9 Å². The number of amides is 1. The first-order chi connectivity index (χ1) is 10.2. The Morgan fingerprint density at radius 1 is 1.24 bits per heavy atom. The number of anilines is 1. The van der Waals surface area contributed by atoms with Crippen molar-refractivity contribution >= 4 is 22.9 Å². The minimum atomic E-state index is -0.0618. The third-order valence-corrected chi connectivity index (χ3v) is 5.19. The molecule has 4 heteroatoms. The highest BCUT2D eigenvalue weighted by Gasteiger charge is 2.30. The molecule has 0 unspecified atom stereocenters. The van der Waals surface area contributed by atoms with E-state index in [0.717, 1.165) is 18.7 Å². The zero-order chi connectivity index (χ0) is 14.8. The van der Waals surface area contributed by atoms with Crippen LogP contribution in [0, 0.1) is 0 Å². The third kappa shape index (κ3) is 2.87. The molecule has 2 atom stereocenters. The first-order valence-corrected chi connectivity index (χ1v) is 8.32. The van der Waals surface area contributed by atoms with Crippen LogP contribution in [0.5, 0.6) is 0 Å². The maximum atomic E-state index is 12.7. The summed E-state index contributed by atoms with van der Waals surface area (Å²) < 4.78 is 0. The number of quaternary nitrogens is 1.